The van der Waals surface area contributed by atoms with E-state index in [-0.39, 0.29) is 17.4 Å². The summed E-state index contributed by atoms with van der Waals surface area (Å²) in [6.07, 6.45) is 1.46. The first-order valence-electron chi connectivity index (χ1n) is 9.75. The molecule has 1 saturated heterocycles. The maximum atomic E-state index is 12.7. The number of amides is 1. The van der Waals surface area contributed by atoms with E-state index in [1.54, 1.807) is 12.1 Å². The Hall–Kier alpha value is -3.40. The molecule has 0 aliphatic carbocycles. The number of morpholine rings is 1. The van der Waals surface area contributed by atoms with Crippen LogP contribution in [0.1, 0.15) is 17.3 Å². The Balaban J connectivity index is 1.74. The Bertz CT molecular complexity index is 1110. The van der Waals surface area contributed by atoms with Crippen LogP contribution in [0.25, 0.3) is 22.3 Å². The first kappa shape index (κ1) is 20.9. The fourth-order valence-electron chi connectivity index (χ4n) is 3.56. The summed E-state index contributed by atoms with van der Waals surface area (Å²) in [5.74, 6) is 0.0422. The molecule has 0 spiro atoms. The van der Waals surface area contributed by atoms with E-state index in [0.29, 0.717) is 30.1 Å². The number of anilines is 1. The van der Waals surface area contributed by atoms with Crippen molar-refractivity contribution < 1.29 is 23.0 Å². The maximum Gasteiger partial charge on any atom is 0.387 e. The number of aromatic nitrogens is 3. The Morgan fingerprint density at radius 1 is 1.29 bits per heavy atom. The van der Waals surface area contributed by atoms with E-state index in [0.717, 1.165) is 17.7 Å². The van der Waals surface area contributed by atoms with Gasteiger partial charge in [0.05, 0.1) is 35.9 Å². The normalized spacial score (nSPS) is 16.5. The summed E-state index contributed by atoms with van der Waals surface area (Å²) in [6.45, 7) is 0.989. The number of carbonyl (C=O) groups is 1. The van der Waals surface area contributed by atoms with Crippen molar-refractivity contribution in [3.05, 3.63) is 42.2 Å². The fourth-order valence-corrected chi connectivity index (χ4v) is 3.56. The second-order valence-corrected chi connectivity index (χ2v) is 7.05. The Kier molecular flexibility index (Phi) is 5.90. The zero-order valence-corrected chi connectivity index (χ0v) is 17.0. The molecule has 1 aliphatic rings. The van der Waals surface area contributed by atoms with E-state index in [1.165, 1.54) is 25.5 Å². The number of rotatable bonds is 5. The van der Waals surface area contributed by atoms with Crippen molar-refractivity contribution >= 4 is 22.8 Å². The summed E-state index contributed by atoms with van der Waals surface area (Å²) < 4.78 is 35.4. The standard InChI is InChI=1S/C21H21F2N5O3/c1-12-10-30-8-7-28(12)19-14-4-5-16(27-18(14)25-11-26-19)13-3-6-17(31-21(22)23)15(9-13)20(29)24-2/h3-6,9,11-12,21H,7-8,10H2,1-2H3,(H,24,29). The van der Waals surface area contributed by atoms with Gasteiger partial charge in [0.1, 0.15) is 17.9 Å². The van der Waals surface area contributed by atoms with Gasteiger partial charge in [0, 0.05) is 19.2 Å². The van der Waals surface area contributed by atoms with E-state index in [2.05, 4.69) is 36.8 Å². The highest BCUT2D eigenvalue weighted by atomic mass is 19.3. The number of hydrogen-bond acceptors (Lipinski definition) is 7. The van der Waals surface area contributed by atoms with Crippen LogP contribution in [0.4, 0.5) is 14.6 Å². The summed E-state index contributed by atoms with van der Waals surface area (Å²) in [7, 11) is 1.42. The molecule has 1 aromatic carbocycles. The molecular formula is C21H21F2N5O3. The quantitative estimate of drug-likeness (QED) is 0.667. The summed E-state index contributed by atoms with van der Waals surface area (Å²) in [4.78, 5) is 27.7. The van der Waals surface area contributed by atoms with Crippen molar-refractivity contribution in [3.8, 4) is 17.0 Å². The third-order valence-electron chi connectivity index (χ3n) is 5.08. The zero-order chi connectivity index (χ0) is 22.0. The maximum absolute atomic E-state index is 12.7. The molecule has 1 N–H and O–H groups in total. The number of hydrogen-bond donors (Lipinski definition) is 1. The van der Waals surface area contributed by atoms with Crippen LogP contribution in [-0.4, -0.2) is 60.3 Å². The average Bonchev–Trinajstić information content (AvgIpc) is 2.78. The van der Waals surface area contributed by atoms with Gasteiger partial charge in [-0.2, -0.15) is 8.78 Å². The fraction of sp³-hybridized carbons (Fsp3) is 0.333. The number of halogens is 2. The van der Waals surface area contributed by atoms with Crippen LogP contribution < -0.4 is 15.0 Å². The van der Waals surface area contributed by atoms with Crippen LogP contribution in [0.5, 0.6) is 5.75 Å². The molecule has 1 atom stereocenters. The molecule has 10 heteroatoms. The summed E-state index contributed by atoms with van der Waals surface area (Å²) in [5, 5.41) is 3.23. The van der Waals surface area contributed by atoms with Gasteiger partial charge in [-0.05, 0) is 37.3 Å². The molecule has 1 aliphatic heterocycles. The number of carbonyl (C=O) groups excluding carboxylic acids is 1. The molecule has 4 rings (SSSR count). The van der Waals surface area contributed by atoms with Crippen LogP contribution in [-0.2, 0) is 4.74 Å². The van der Waals surface area contributed by atoms with Crippen LogP contribution in [0.2, 0.25) is 0 Å². The van der Waals surface area contributed by atoms with Gasteiger partial charge in [0.25, 0.3) is 5.91 Å². The van der Waals surface area contributed by atoms with E-state index >= 15 is 0 Å². The lowest BCUT2D eigenvalue weighted by Crippen LogP contribution is -2.44. The molecule has 0 radical (unpaired) electrons. The van der Waals surface area contributed by atoms with Crippen molar-refractivity contribution in [1.29, 1.82) is 0 Å². The van der Waals surface area contributed by atoms with Gasteiger partial charge < -0.3 is 19.7 Å². The molecule has 1 fully saturated rings. The number of alkyl halides is 2. The lowest BCUT2D eigenvalue weighted by molar-refractivity contribution is -0.0501. The molecule has 3 aromatic rings. The summed E-state index contributed by atoms with van der Waals surface area (Å²) in [6, 6.07) is 8.21. The SMILES string of the molecule is CNC(=O)c1cc(-c2ccc3c(N4CCOCC4C)ncnc3n2)ccc1OC(F)F. The molecular weight excluding hydrogens is 408 g/mol. The van der Waals surface area contributed by atoms with Crippen LogP contribution in [0.3, 0.4) is 0 Å². The van der Waals surface area contributed by atoms with Crippen LogP contribution >= 0.6 is 0 Å². The Morgan fingerprint density at radius 3 is 2.87 bits per heavy atom. The highest BCUT2D eigenvalue weighted by Gasteiger charge is 2.23. The van der Waals surface area contributed by atoms with Gasteiger partial charge in [0.2, 0.25) is 0 Å². The van der Waals surface area contributed by atoms with E-state index in [1.807, 2.05) is 6.07 Å². The van der Waals surface area contributed by atoms with Crippen molar-refractivity contribution in [1.82, 2.24) is 20.3 Å². The van der Waals surface area contributed by atoms with Crippen molar-refractivity contribution in [3.63, 3.8) is 0 Å². The third-order valence-corrected chi connectivity index (χ3v) is 5.08. The monoisotopic (exact) mass is 429 g/mol. The Labute approximate surface area is 177 Å². The van der Waals surface area contributed by atoms with Crippen LogP contribution in [0, 0.1) is 0 Å². The molecule has 31 heavy (non-hydrogen) atoms. The number of fused-ring (bicyclic) bond motifs is 1. The van der Waals surface area contributed by atoms with Gasteiger partial charge in [-0.1, -0.05) is 0 Å². The topological polar surface area (TPSA) is 89.5 Å². The van der Waals surface area contributed by atoms with E-state index in [9.17, 15) is 13.6 Å². The largest absolute Gasteiger partial charge is 0.434 e. The number of nitrogens with zero attached hydrogens (tertiary/aromatic N) is 4. The number of pyridine rings is 1. The minimum absolute atomic E-state index is 0.00675. The lowest BCUT2D eigenvalue weighted by Gasteiger charge is -2.34. The van der Waals surface area contributed by atoms with Crippen molar-refractivity contribution in [2.24, 2.45) is 0 Å². The molecule has 8 nitrogen and oxygen atoms in total. The molecule has 1 amide bonds. The third kappa shape index (κ3) is 4.24. The average molecular weight is 429 g/mol. The van der Waals surface area contributed by atoms with Crippen LogP contribution in [0.15, 0.2) is 36.7 Å². The van der Waals surface area contributed by atoms with Gasteiger partial charge in [-0.25, -0.2) is 15.0 Å². The molecule has 0 bridgehead atoms. The van der Waals surface area contributed by atoms with Gasteiger partial charge in [-0.15, -0.1) is 0 Å². The highest BCUT2D eigenvalue weighted by molar-refractivity contribution is 5.98. The number of benzene rings is 1. The van der Waals surface area contributed by atoms with Crippen molar-refractivity contribution in [2.75, 3.05) is 31.7 Å². The first-order chi connectivity index (χ1) is 15.0. The number of ether oxygens (including phenoxy) is 2. The van der Waals surface area contributed by atoms with Crippen molar-refractivity contribution in [2.45, 2.75) is 19.6 Å². The minimum atomic E-state index is -3.04. The molecule has 1 unspecified atom stereocenters. The second kappa shape index (κ2) is 8.76. The minimum Gasteiger partial charge on any atom is -0.434 e. The summed E-state index contributed by atoms with van der Waals surface area (Å²) >= 11 is 0. The summed E-state index contributed by atoms with van der Waals surface area (Å²) in [5.41, 5.74) is 1.60. The second-order valence-electron chi connectivity index (χ2n) is 7.05. The smallest absolute Gasteiger partial charge is 0.387 e. The molecule has 3 heterocycles. The Morgan fingerprint density at radius 2 is 2.13 bits per heavy atom. The van der Waals surface area contributed by atoms with Gasteiger partial charge >= 0.3 is 6.61 Å². The highest BCUT2D eigenvalue weighted by Crippen LogP contribution is 2.30. The molecule has 162 valence electrons. The predicted octanol–water partition coefficient (Wildman–Crippen LogP) is 2.88. The van der Waals surface area contributed by atoms with Gasteiger partial charge in [0.15, 0.2) is 5.65 Å². The van der Waals surface area contributed by atoms with E-state index < -0.39 is 12.5 Å². The zero-order valence-electron chi connectivity index (χ0n) is 17.0. The molecule has 0 saturated carbocycles. The lowest BCUT2D eigenvalue weighted by atomic mass is 10.1. The molecule has 2 aromatic heterocycles. The van der Waals surface area contributed by atoms with E-state index in [4.69, 9.17) is 4.74 Å². The van der Waals surface area contributed by atoms with Gasteiger partial charge in [-0.3, -0.25) is 4.79 Å². The number of nitrogens with one attached hydrogen (secondary N) is 1. The first-order valence-corrected chi connectivity index (χ1v) is 9.75. The predicted molar refractivity (Wildman–Crippen MR) is 110 cm³/mol.